The highest BCUT2D eigenvalue weighted by atomic mass is 35.5. The van der Waals surface area contributed by atoms with E-state index in [0.717, 1.165) is 11.3 Å². The van der Waals surface area contributed by atoms with E-state index in [0.29, 0.717) is 30.2 Å². The number of aromatic nitrogens is 1. The fraction of sp³-hybridized carbons (Fsp3) is 0.417. The molecule has 1 amide bonds. The van der Waals surface area contributed by atoms with E-state index in [4.69, 9.17) is 11.6 Å². The molecule has 6 nitrogen and oxygen atoms in total. The first-order chi connectivity index (χ1) is 15.0. The number of carbonyl (C=O) groups excluding carboxylic acids is 1. The van der Waals surface area contributed by atoms with Gasteiger partial charge in [0.2, 0.25) is 5.91 Å². The molecule has 1 aromatic heterocycles. The maximum atomic E-state index is 13.1. The molecular formula is C24H28ClN3O3. The van der Waals surface area contributed by atoms with Crippen LogP contribution in [0.2, 0.25) is 5.02 Å². The van der Waals surface area contributed by atoms with Crippen LogP contribution >= 0.6 is 11.6 Å². The molecular weight excluding hydrogens is 414 g/mol. The molecule has 1 saturated heterocycles. The Balaban J connectivity index is 1.81. The summed E-state index contributed by atoms with van der Waals surface area (Å²) in [7, 11) is 0. The zero-order valence-electron chi connectivity index (χ0n) is 17.8. The molecule has 2 N–H and O–H groups in total. The number of allylic oxidation sites excluding steroid dienone is 1. The Labute approximate surface area is 187 Å². The van der Waals surface area contributed by atoms with E-state index in [9.17, 15) is 14.7 Å². The molecule has 3 heterocycles. The minimum atomic E-state index is -0.490. The van der Waals surface area contributed by atoms with Crippen LogP contribution in [0.4, 0.5) is 0 Å². The lowest BCUT2D eigenvalue weighted by atomic mass is 9.88. The fourth-order valence-electron chi connectivity index (χ4n) is 5.21. The molecule has 0 bridgehead atoms. The number of likely N-dealkylation sites (N-methyl/N-ethyl adjacent to an activating group) is 1. The van der Waals surface area contributed by atoms with E-state index in [1.165, 1.54) is 0 Å². The molecule has 31 heavy (non-hydrogen) atoms. The molecule has 0 unspecified atom stereocenters. The summed E-state index contributed by atoms with van der Waals surface area (Å²) in [5.41, 5.74) is 2.42. The quantitative estimate of drug-likeness (QED) is 0.722. The van der Waals surface area contributed by atoms with Crippen molar-refractivity contribution in [1.29, 1.82) is 0 Å². The third-order valence-electron chi connectivity index (χ3n) is 6.50. The average molecular weight is 442 g/mol. The van der Waals surface area contributed by atoms with Gasteiger partial charge in [0.15, 0.2) is 0 Å². The molecule has 7 heteroatoms. The molecule has 0 saturated carbocycles. The summed E-state index contributed by atoms with van der Waals surface area (Å²) in [4.78, 5) is 28.2. The monoisotopic (exact) mass is 441 g/mol. The molecule has 1 fully saturated rings. The molecule has 164 valence electrons. The van der Waals surface area contributed by atoms with Crippen LogP contribution < -0.4 is 10.9 Å². The van der Waals surface area contributed by atoms with Crippen molar-refractivity contribution in [2.45, 2.75) is 39.0 Å². The molecule has 2 aliphatic heterocycles. The summed E-state index contributed by atoms with van der Waals surface area (Å²) >= 11 is 6.45. The fourth-order valence-corrected chi connectivity index (χ4v) is 5.41. The lowest BCUT2D eigenvalue weighted by Gasteiger charge is -2.31. The van der Waals surface area contributed by atoms with E-state index in [2.05, 4.69) is 10.2 Å². The number of benzene rings is 1. The molecule has 2 aliphatic rings. The highest BCUT2D eigenvalue weighted by Gasteiger charge is 2.55. The summed E-state index contributed by atoms with van der Waals surface area (Å²) in [6, 6.07) is 10.8. The third kappa shape index (κ3) is 3.73. The number of fused-ring (bicyclic) bond motifs is 3. The van der Waals surface area contributed by atoms with Crippen molar-refractivity contribution in [3.8, 4) is 0 Å². The summed E-state index contributed by atoms with van der Waals surface area (Å²) in [5.74, 6) is -0.403. The standard InChI is InChI=1S/C24H28ClN3O3/c1-3-7-15-10-11-20-21-17(13-27(20)24(15)31)18(14-29)22(23(30)26-4-2)28(21)12-16-8-5-6-9-19(16)25/h3,5-11,17-18,21-22,29H,4,12-14H2,1-2H3,(H,26,30)/t17-,18-,21+,22-/m0/s1. The van der Waals surface area contributed by atoms with Gasteiger partial charge in [0.1, 0.15) is 0 Å². The van der Waals surface area contributed by atoms with Crippen LogP contribution in [0.5, 0.6) is 0 Å². The highest BCUT2D eigenvalue weighted by molar-refractivity contribution is 6.31. The van der Waals surface area contributed by atoms with E-state index in [-0.39, 0.29) is 36.0 Å². The number of amides is 1. The van der Waals surface area contributed by atoms with Gasteiger partial charge in [-0.25, -0.2) is 0 Å². The number of likely N-dealkylation sites (tertiary alicyclic amines) is 1. The summed E-state index contributed by atoms with van der Waals surface area (Å²) in [5, 5.41) is 13.9. The zero-order chi connectivity index (χ0) is 22.1. The Morgan fingerprint density at radius 2 is 2.06 bits per heavy atom. The molecule has 2 aromatic rings. The smallest absolute Gasteiger partial charge is 0.258 e. The maximum absolute atomic E-state index is 13.1. The normalized spacial score (nSPS) is 25.0. The molecule has 4 atom stereocenters. The first-order valence-electron chi connectivity index (χ1n) is 10.8. The van der Waals surface area contributed by atoms with Gasteiger partial charge < -0.3 is 15.0 Å². The van der Waals surface area contributed by atoms with Crippen LogP contribution in [-0.2, 0) is 17.9 Å². The van der Waals surface area contributed by atoms with Crippen LogP contribution in [0.15, 0.2) is 47.3 Å². The lowest BCUT2D eigenvalue weighted by Crippen LogP contribution is -2.48. The second-order valence-electron chi connectivity index (χ2n) is 8.19. The largest absolute Gasteiger partial charge is 0.396 e. The van der Waals surface area contributed by atoms with Gasteiger partial charge in [0, 0.05) is 54.4 Å². The summed E-state index contributed by atoms with van der Waals surface area (Å²) < 4.78 is 1.81. The van der Waals surface area contributed by atoms with E-state index >= 15 is 0 Å². The number of rotatable bonds is 6. The number of hydrogen-bond acceptors (Lipinski definition) is 4. The van der Waals surface area contributed by atoms with Gasteiger partial charge in [0.05, 0.1) is 12.1 Å². The number of hydrogen-bond donors (Lipinski definition) is 2. The highest BCUT2D eigenvalue weighted by Crippen LogP contribution is 2.50. The number of carbonyl (C=O) groups is 1. The summed E-state index contributed by atoms with van der Waals surface area (Å²) in [6.45, 7) is 5.13. The van der Waals surface area contributed by atoms with Crippen molar-refractivity contribution in [3.05, 3.63) is 74.7 Å². The number of aliphatic hydroxyl groups excluding tert-OH is 1. The SMILES string of the molecule is CC=Cc1ccc2n(c1=O)C[C@H]1[C@H](CO)[C@@H](C(=O)NCC)N(Cc3ccccc3Cl)[C@@H]21. The van der Waals surface area contributed by atoms with Gasteiger partial charge in [-0.15, -0.1) is 0 Å². The average Bonchev–Trinajstić information content (AvgIpc) is 3.27. The van der Waals surface area contributed by atoms with E-state index in [1.807, 2.05) is 62.4 Å². The predicted octanol–water partition coefficient (Wildman–Crippen LogP) is 2.83. The van der Waals surface area contributed by atoms with Gasteiger partial charge in [-0.3, -0.25) is 14.5 Å². The number of nitrogens with zero attached hydrogens (tertiary/aromatic N) is 2. The molecule has 1 aromatic carbocycles. The van der Waals surface area contributed by atoms with Crippen LogP contribution in [-0.4, -0.2) is 39.7 Å². The Bertz CT molecular complexity index is 1060. The maximum Gasteiger partial charge on any atom is 0.258 e. The summed E-state index contributed by atoms with van der Waals surface area (Å²) in [6.07, 6.45) is 3.66. The Hall–Kier alpha value is -2.41. The second kappa shape index (κ2) is 8.99. The lowest BCUT2D eigenvalue weighted by molar-refractivity contribution is -0.127. The van der Waals surface area contributed by atoms with Gasteiger partial charge in [-0.05, 0) is 37.6 Å². The van der Waals surface area contributed by atoms with E-state index < -0.39 is 6.04 Å². The van der Waals surface area contributed by atoms with Crippen molar-refractivity contribution in [2.24, 2.45) is 11.8 Å². The van der Waals surface area contributed by atoms with Crippen molar-refractivity contribution in [1.82, 2.24) is 14.8 Å². The molecule has 0 aliphatic carbocycles. The second-order valence-corrected chi connectivity index (χ2v) is 8.59. The van der Waals surface area contributed by atoms with Crippen molar-refractivity contribution < 1.29 is 9.90 Å². The van der Waals surface area contributed by atoms with Gasteiger partial charge in [-0.2, -0.15) is 0 Å². The Morgan fingerprint density at radius 3 is 2.74 bits per heavy atom. The minimum Gasteiger partial charge on any atom is -0.396 e. The Kier molecular flexibility index (Phi) is 6.32. The zero-order valence-corrected chi connectivity index (χ0v) is 18.5. The number of pyridine rings is 1. The Morgan fingerprint density at radius 1 is 1.29 bits per heavy atom. The number of aliphatic hydroxyl groups is 1. The minimum absolute atomic E-state index is 0.0334. The number of nitrogens with one attached hydrogen (secondary N) is 1. The van der Waals surface area contributed by atoms with Crippen LogP contribution in [0.3, 0.4) is 0 Å². The van der Waals surface area contributed by atoms with Gasteiger partial charge in [-0.1, -0.05) is 42.0 Å². The first-order valence-corrected chi connectivity index (χ1v) is 11.1. The van der Waals surface area contributed by atoms with Crippen LogP contribution in [0, 0.1) is 11.8 Å². The van der Waals surface area contributed by atoms with E-state index in [1.54, 1.807) is 4.57 Å². The van der Waals surface area contributed by atoms with Crippen molar-refractivity contribution in [2.75, 3.05) is 13.2 Å². The van der Waals surface area contributed by atoms with Crippen molar-refractivity contribution in [3.63, 3.8) is 0 Å². The first kappa shape index (κ1) is 21.8. The van der Waals surface area contributed by atoms with Crippen LogP contribution in [0.25, 0.3) is 6.08 Å². The third-order valence-corrected chi connectivity index (χ3v) is 6.87. The van der Waals surface area contributed by atoms with Gasteiger partial charge >= 0.3 is 0 Å². The topological polar surface area (TPSA) is 74.6 Å². The number of halogens is 1. The van der Waals surface area contributed by atoms with Gasteiger partial charge in [0.25, 0.3) is 5.56 Å². The molecule has 0 radical (unpaired) electrons. The predicted molar refractivity (Wildman–Crippen MR) is 122 cm³/mol. The van der Waals surface area contributed by atoms with Crippen LogP contribution in [0.1, 0.15) is 36.7 Å². The van der Waals surface area contributed by atoms with Crippen molar-refractivity contribution >= 4 is 23.6 Å². The molecule has 0 spiro atoms. The molecule has 4 rings (SSSR count).